The van der Waals surface area contributed by atoms with E-state index in [4.69, 9.17) is 0 Å². The zero-order valence-corrected chi connectivity index (χ0v) is 14.5. The SMILES string of the molecule is CCN(C(=O)Cc1ccccc1)C(c1ccccc1)c1ccccc1. The minimum atomic E-state index is -0.0661. The molecule has 3 aromatic rings. The molecule has 25 heavy (non-hydrogen) atoms. The van der Waals surface area contributed by atoms with E-state index in [-0.39, 0.29) is 11.9 Å². The van der Waals surface area contributed by atoms with Crippen molar-refractivity contribution in [2.45, 2.75) is 19.4 Å². The van der Waals surface area contributed by atoms with Crippen LogP contribution in [0.5, 0.6) is 0 Å². The molecule has 0 heterocycles. The first-order valence-corrected chi connectivity index (χ1v) is 8.73. The fraction of sp³-hybridized carbons (Fsp3) is 0.174. The third-order valence-corrected chi connectivity index (χ3v) is 4.40. The summed E-state index contributed by atoms with van der Waals surface area (Å²) in [6.07, 6.45) is 0.421. The molecule has 0 aromatic heterocycles. The number of hydrogen-bond acceptors (Lipinski definition) is 1. The van der Waals surface area contributed by atoms with E-state index in [1.54, 1.807) is 0 Å². The Morgan fingerprint density at radius 2 is 1.20 bits per heavy atom. The lowest BCUT2D eigenvalue weighted by Gasteiger charge is -2.32. The van der Waals surface area contributed by atoms with Gasteiger partial charge in [0.1, 0.15) is 0 Å². The third kappa shape index (κ3) is 4.16. The number of nitrogens with zero attached hydrogens (tertiary/aromatic N) is 1. The molecule has 0 atom stereocenters. The molecule has 2 nitrogen and oxygen atoms in total. The lowest BCUT2D eigenvalue weighted by molar-refractivity contribution is -0.132. The van der Waals surface area contributed by atoms with Crippen molar-refractivity contribution in [3.05, 3.63) is 108 Å². The fourth-order valence-corrected chi connectivity index (χ4v) is 3.20. The second kappa shape index (κ2) is 8.29. The first kappa shape index (κ1) is 17.0. The molecule has 0 unspecified atom stereocenters. The van der Waals surface area contributed by atoms with Gasteiger partial charge in [-0.05, 0) is 23.6 Å². The van der Waals surface area contributed by atoms with E-state index in [2.05, 4.69) is 24.3 Å². The summed E-state index contributed by atoms with van der Waals surface area (Å²) in [6, 6.07) is 30.4. The van der Waals surface area contributed by atoms with Gasteiger partial charge in [0.25, 0.3) is 0 Å². The highest BCUT2D eigenvalue weighted by Gasteiger charge is 2.25. The average Bonchev–Trinajstić information content (AvgIpc) is 2.68. The molecule has 2 heteroatoms. The Kier molecular flexibility index (Phi) is 5.63. The first-order valence-electron chi connectivity index (χ1n) is 8.73. The van der Waals surface area contributed by atoms with Gasteiger partial charge in [-0.3, -0.25) is 4.79 Å². The molecule has 0 aliphatic rings. The quantitative estimate of drug-likeness (QED) is 0.632. The number of carbonyl (C=O) groups excluding carboxylic acids is 1. The second-order valence-corrected chi connectivity index (χ2v) is 6.07. The highest BCUT2D eigenvalue weighted by atomic mass is 16.2. The molecule has 0 saturated heterocycles. The molecule has 0 saturated carbocycles. The molecule has 0 radical (unpaired) electrons. The smallest absolute Gasteiger partial charge is 0.227 e. The van der Waals surface area contributed by atoms with Crippen molar-refractivity contribution in [1.82, 2.24) is 4.90 Å². The zero-order valence-electron chi connectivity index (χ0n) is 14.5. The Morgan fingerprint density at radius 3 is 1.64 bits per heavy atom. The largest absolute Gasteiger partial charge is 0.332 e. The third-order valence-electron chi connectivity index (χ3n) is 4.40. The summed E-state index contributed by atoms with van der Waals surface area (Å²) in [4.78, 5) is 15.0. The van der Waals surface area contributed by atoms with Gasteiger partial charge in [-0.2, -0.15) is 0 Å². The van der Waals surface area contributed by atoms with Crippen LogP contribution in [0.15, 0.2) is 91.0 Å². The fourth-order valence-electron chi connectivity index (χ4n) is 3.20. The molecule has 0 fully saturated rings. The second-order valence-electron chi connectivity index (χ2n) is 6.07. The van der Waals surface area contributed by atoms with Crippen LogP contribution in [0.25, 0.3) is 0 Å². The van der Waals surface area contributed by atoms with Gasteiger partial charge >= 0.3 is 0 Å². The molecule has 0 aliphatic carbocycles. The van der Waals surface area contributed by atoms with Gasteiger partial charge in [-0.1, -0.05) is 91.0 Å². The van der Waals surface area contributed by atoms with Gasteiger partial charge in [0.15, 0.2) is 0 Å². The van der Waals surface area contributed by atoms with E-state index in [0.29, 0.717) is 13.0 Å². The predicted octanol–water partition coefficient (Wildman–Crippen LogP) is 4.87. The summed E-state index contributed by atoms with van der Waals surface area (Å²) in [7, 11) is 0. The summed E-state index contributed by atoms with van der Waals surface area (Å²) in [5.41, 5.74) is 3.32. The number of hydrogen-bond donors (Lipinski definition) is 0. The molecule has 0 bridgehead atoms. The predicted molar refractivity (Wildman–Crippen MR) is 102 cm³/mol. The average molecular weight is 329 g/mol. The van der Waals surface area contributed by atoms with Crippen LogP contribution in [-0.2, 0) is 11.2 Å². The van der Waals surface area contributed by atoms with E-state index in [1.165, 1.54) is 0 Å². The summed E-state index contributed by atoms with van der Waals surface area (Å²) < 4.78 is 0. The van der Waals surface area contributed by atoms with Crippen LogP contribution in [0.1, 0.15) is 29.7 Å². The normalized spacial score (nSPS) is 10.6. The minimum Gasteiger partial charge on any atom is -0.332 e. The highest BCUT2D eigenvalue weighted by molar-refractivity contribution is 5.79. The van der Waals surface area contributed by atoms with E-state index in [0.717, 1.165) is 16.7 Å². The maximum Gasteiger partial charge on any atom is 0.227 e. The number of carbonyl (C=O) groups is 1. The standard InChI is InChI=1S/C23H23NO/c1-2-24(22(25)18-19-12-6-3-7-13-19)23(20-14-8-4-9-15-20)21-16-10-5-11-17-21/h3-17,23H,2,18H2,1H3. The Morgan fingerprint density at radius 1 is 0.760 bits per heavy atom. The molecule has 126 valence electrons. The van der Waals surface area contributed by atoms with Crippen molar-refractivity contribution in [2.24, 2.45) is 0 Å². The van der Waals surface area contributed by atoms with Gasteiger partial charge in [0.05, 0.1) is 12.5 Å². The van der Waals surface area contributed by atoms with Crippen LogP contribution in [0.4, 0.5) is 0 Å². The topological polar surface area (TPSA) is 20.3 Å². The van der Waals surface area contributed by atoms with Crippen molar-refractivity contribution < 1.29 is 4.79 Å². The Bertz CT molecular complexity index is 745. The van der Waals surface area contributed by atoms with Gasteiger partial charge in [-0.25, -0.2) is 0 Å². The van der Waals surface area contributed by atoms with Gasteiger partial charge in [0.2, 0.25) is 5.91 Å². The monoisotopic (exact) mass is 329 g/mol. The van der Waals surface area contributed by atoms with Crippen LogP contribution in [0, 0.1) is 0 Å². The molecule has 3 aromatic carbocycles. The van der Waals surface area contributed by atoms with Crippen molar-refractivity contribution in [3.63, 3.8) is 0 Å². The van der Waals surface area contributed by atoms with Gasteiger partial charge in [-0.15, -0.1) is 0 Å². The van der Waals surface area contributed by atoms with Gasteiger partial charge in [0, 0.05) is 6.54 Å². The summed E-state index contributed by atoms with van der Waals surface area (Å²) in [5.74, 6) is 0.145. The number of benzene rings is 3. The van der Waals surface area contributed by atoms with E-state index >= 15 is 0 Å². The van der Waals surface area contributed by atoms with Crippen molar-refractivity contribution in [2.75, 3.05) is 6.54 Å². The minimum absolute atomic E-state index is 0.0661. The lowest BCUT2D eigenvalue weighted by Crippen LogP contribution is -2.36. The van der Waals surface area contributed by atoms with Crippen LogP contribution < -0.4 is 0 Å². The Labute approximate surface area is 149 Å². The summed E-state index contributed by atoms with van der Waals surface area (Å²) >= 11 is 0. The maximum atomic E-state index is 13.1. The first-order chi connectivity index (χ1) is 12.3. The van der Waals surface area contributed by atoms with Gasteiger partial charge < -0.3 is 4.90 Å². The molecule has 0 spiro atoms. The van der Waals surface area contributed by atoms with Crippen molar-refractivity contribution in [3.8, 4) is 0 Å². The molecular weight excluding hydrogens is 306 g/mol. The highest BCUT2D eigenvalue weighted by Crippen LogP contribution is 2.29. The van der Waals surface area contributed by atoms with E-state index < -0.39 is 0 Å². The molecular formula is C23H23NO. The Balaban J connectivity index is 1.94. The number of rotatable bonds is 6. The number of amides is 1. The number of likely N-dealkylation sites (N-methyl/N-ethyl adjacent to an activating group) is 1. The van der Waals surface area contributed by atoms with Crippen LogP contribution >= 0.6 is 0 Å². The molecule has 0 N–H and O–H groups in total. The summed E-state index contributed by atoms with van der Waals surface area (Å²) in [6.45, 7) is 2.71. The lowest BCUT2D eigenvalue weighted by atomic mass is 9.96. The Hall–Kier alpha value is -2.87. The maximum absolute atomic E-state index is 13.1. The molecule has 0 aliphatic heterocycles. The van der Waals surface area contributed by atoms with E-state index in [1.807, 2.05) is 78.6 Å². The zero-order chi connectivity index (χ0) is 17.5. The summed E-state index contributed by atoms with van der Waals surface area (Å²) in [5, 5.41) is 0. The molecule has 1 amide bonds. The molecule has 3 rings (SSSR count). The van der Waals surface area contributed by atoms with Crippen LogP contribution in [0.2, 0.25) is 0 Å². The van der Waals surface area contributed by atoms with Crippen LogP contribution in [0.3, 0.4) is 0 Å². The van der Waals surface area contributed by atoms with Crippen molar-refractivity contribution >= 4 is 5.91 Å². The van der Waals surface area contributed by atoms with Crippen molar-refractivity contribution in [1.29, 1.82) is 0 Å². The van der Waals surface area contributed by atoms with Crippen LogP contribution in [-0.4, -0.2) is 17.4 Å². The van der Waals surface area contributed by atoms with E-state index in [9.17, 15) is 4.79 Å².